The highest BCUT2D eigenvalue weighted by Crippen LogP contribution is 2.30. The Kier molecular flexibility index (Phi) is 3.35. The first-order valence-corrected chi connectivity index (χ1v) is 8.20. The van der Waals surface area contributed by atoms with Crippen LogP contribution >= 0.6 is 0 Å². The molecule has 0 atom stereocenters. The smallest absolute Gasteiger partial charge is 0.250 e. The monoisotopic (exact) mass is 297 g/mol. The highest BCUT2D eigenvalue weighted by molar-refractivity contribution is 7.88. The zero-order valence-corrected chi connectivity index (χ0v) is 11.8. The molecule has 1 aliphatic rings. The Bertz CT molecular complexity index is 669. The molecule has 0 N–H and O–H groups in total. The summed E-state index contributed by atoms with van der Waals surface area (Å²) in [6, 6.07) is 1.75. The van der Waals surface area contributed by atoms with Crippen molar-refractivity contribution in [1.29, 1.82) is 0 Å². The van der Waals surface area contributed by atoms with Crippen molar-refractivity contribution < 1.29 is 17.3 Å². The van der Waals surface area contributed by atoms with E-state index in [0.29, 0.717) is 37.7 Å². The molecule has 0 unspecified atom stereocenters. The second kappa shape index (κ2) is 5.02. The number of sulfonamides is 1. The molecule has 0 spiro atoms. The molecule has 0 amide bonds. The van der Waals surface area contributed by atoms with Gasteiger partial charge in [-0.3, -0.25) is 0 Å². The maximum Gasteiger partial charge on any atom is 0.250 e. The molecule has 108 valence electrons. The summed E-state index contributed by atoms with van der Waals surface area (Å²) < 4.78 is 35.0. The SMILES string of the molecule is CS(=O)(=O)N1CCC(c2nnc(-c3ccoc3)o2)CC1. The topological polar surface area (TPSA) is 89.4 Å². The molecule has 3 heterocycles. The lowest BCUT2D eigenvalue weighted by molar-refractivity contribution is 0.293. The van der Waals surface area contributed by atoms with Crippen molar-refractivity contribution >= 4 is 10.0 Å². The Hall–Kier alpha value is -1.67. The van der Waals surface area contributed by atoms with Crippen LogP contribution in [-0.4, -0.2) is 42.3 Å². The summed E-state index contributed by atoms with van der Waals surface area (Å²) in [6.07, 6.45) is 5.71. The van der Waals surface area contributed by atoms with Crippen LogP contribution in [0, 0.1) is 0 Å². The molecular formula is C12H15N3O4S. The molecule has 1 saturated heterocycles. The Morgan fingerprint density at radius 1 is 1.30 bits per heavy atom. The van der Waals surface area contributed by atoms with Gasteiger partial charge in [0.25, 0.3) is 5.89 Å². The van der Waals surface area contributed by atoms with Gasteiger partial charge in [-0.15, -0.1) is 10.2 Å². The van der Waals surface area contributed by atoms with Crippen LogP contribution in [0.4, 0.5) is 0 Å². The molecule has 0 bridgehead atoms. The van der Waals surface area contributed by atoms with Crippen molar-refractivity contribution in [3.8, 4) is 11.5 Å². The van der Waals surface area contributed by atoms with E-state index in [-0.39, 0.29) is 5.92 Å². The maximum absolute atomic E-state index is 11.5. The first kappa shape index (κ1) is 13.3. The molecule has 0 saturated carbocycles. The molecule has 1 fully saturated rings. The normalized spacial score (nSPS) is 18.4. The van der Waals surface area contributed by atoms with Crippen LogP contribution in [0.25, 0.3) is 11.5 Å². The summed E-state index contributed by atoms with van der Waals surface area (Å²) in [4.78, 5) is 0. The van der Waals surface area contributed by atoms with Crippen molar-refractivity contribution in [3.05, 3.63) is 24.5 Å². The zero-order valence-electron chi connectivity index (χ0n) is 11.0. The van der Waals surface area contributed by atoms with Crippen molar-refractivity contribution in [2.75, 3.05) is 19.3 Å². The van der Waals surface area contributed by atoms with Crippen LogP contribution in [0.15, 0.2) is 27.4 Å². The minimum Gasteiger partial charge on any atom is -0.472 e. The number of hydrogen-bond donors (Lipinski definition) is 0. The van der Waals surface area contributed by atoms with Crippen LogP contribution in [0.5, 0.6) is 0 Å². The van der Waals surface area contributed by atoms with Crippen LogP contribution in [0.1, 0.15) is 24.7 Å². The van der Waals surface area contributed by atoms with E-state index in [2.05, 4.69) is 10.2 Å². The molecule has 20 heavy (non-hydrogen) atoms. The Morgan fingerprint density at radius 2 is 2.05 bits per heavy atom. The molecule has 7 nitrogen and oxygen atoms in total. The van der Waals surface area contributed by atoms with E-state index in [4.69, 9.17) is 8.83 Å². The number of hydrogen-bond acceptors (Lipinski definition) is 6. The summed E-state index contributed by atoms with van der Waals surface area (Å²) in [5.74, 6) is 1.11. The molecule has 0 aromatic carbocycles. The van der Waals surface area contributed by atoms with E-state index in [9.17, 15) is 8.42 Å². The van der Waals surface area contributed by atoms with Crippen LogP contribution in [0.3, 0.4) is 0 Å². The summed E-state index contributed by atoms with van der Waals surface area (Å²) in [6.45, 7) is 0.986. The van der Waals surface area contributed by atoms with Gasteiger partial charge in [-0.1, -0.05) is 0 Å². The minimum absolute atomic E-state index is 0.112. The summed E-state index contributed by atoms with van der Waals surface area (Å²) in [5.41, 5.74) is 0.748. The first-order chi connectivity index (χ1) is 9.54. The van der Waals surface area contributed by atoms with E-state index in [0.717, 1.165) is 5.56 Å². The maximum atomic E-state index is 11.5. The number of rotatable bonds is 3. The highest BCUT2D eigenvalue weighted by atomic mass is 32.2. The van der Waals surface area contributed by atoms with Crippen LogP contribution in [-0.2, 0) is 10.0 Å². The van der Waals surface area contributed by atoms with Gasteiger partial charge in [0.05, 0.1) is 18.1 Å². The predicted molar refractivity (Wildman–Crippen MR) is 70.4 cm³/mol. The van der Waals surface area contributed by atoms with Crippen molar-refractivity contribution in [3.63, 3.8) is 0 Å². The third kappa shape index (κ3) is 2.61. The number of piperidine rings is 1. The number of nitrogens with zero attached hydrogens (tertiary/aromatic N) is 3. The molecule has 1 aliphatic heterocycles. The average molecular weight is 297 g/mol. The van der Waals surface area contributed by atoms with Gasteiger partial charge in [-0.25, -0.2) is 12.7 Å². The average Bonchev–Trinajstić information content (AvgIpc) is 3.09. The molecule has 2 aromatic rings. The molecule has 0 radical (unpaired) electrons. The largest absolute Gasteiger partial charge is 0.472 e. The van der Waals surface area contributed by atoms with Crippen LogP contribution < -0.4 is 0 Å². The molecule has 2 aromatic heterocycles. The minimum atomic E-state index is -3.11. The summed E-state index contributed by atoms with van der Waals surface area (Å²) in [5, 5.41) is 8.05. The summed E-state index contributed by atoms with van der Waals surface area (Å²) in [7, 11) is -3.11. The van der Waals surface area contributed by atoms with E-state index in [1.54, 1.807) is 18.6 Å². The molecular weight excluding hydrogens is 282 g/mol. The highest BCUT2D eigenvalue weighted by Gasteiger charge is 2.29. The fourth-order valence-corrected chi connectivity index (χ4v) is 3.21. The lowest BCUT2D eigenvalue weighted by Gasteiger charge is -2.28. The van der Waals surface area contributed by atoms with E-state index in [1.165, 1.54) is 10.6 Å². The standard InChI is InChI=1S/C12H15N3O4S/c1-20(16,17)15-5-2-9(3-6-15)11-13-14-12(19-11)10-4-7-18-8-10/h4,7-9H,2-3,5-6H2,1H3. The Labute approximate surface area is 116 Å². The Balaban J connectivity index is 1.70. The van der Waals surface area contributed by atoms with E-state index >= 15 is 0 Å². The van der Waals surface area contributed by atoms with Gasteiger partial charge in [0.1, 0.15) is 6.26 Å². The van der Waals surface area contributed by atoms with Gasteiger partial charge in [0, 0.05) is 19.0 Å². The predicted octanol–water partition coefficient (Wildman–Crippen LogP) is 1.47. The number of aromatic nitrogens is 2. The Morgan fingerprint density at radius 3 is 2.65 bits per heavy atom. The van der Waals surface area contributed by atoms with Crippen molar-refractivity contribution in [2.24, 2.45) is 0 Å². The van der Waals surface area contributed by atoms with Gasteiger partial charge in [-0.2, -0.15) is 0 Å². The van der Waals surface area contributed by atoms with Crippen molar-refractivity contribution in [1.82, 2.24) is 14.5 Å². The van der Waals surface area contributed by atoms with E-state index < -0.39 is 10.0 Å². The van der Waals surface area contributed by atoms with Gasteiger partial charge in [0.15, 0.2) is 0 Å². The third-order valence-corrected chi connectivity index (χ3v) is 4.78. The van der Waals surface area contributed by atoms with Crippen LogP contribution in [0.2, 0.25) is 0 Å². The summed E-state index contributed by atoms with van der Waals surface area (Å²) >= 11 is 0. The van der Waals surface area contributed by atoms with E-state index in [1.807, 2.05) is 0 Å². The fraction of sp³-hybridized carbons (Fsp3) is 0.500. The third-order valence-electron chi connectivity index (χ3n) is 3.48. The second-order valence-corrected chi connectivity index (χ2v) is 6.88. The van der Waals surface area contributed by atoms with Gasteiger partial charge < -0.3 is 8.83 Å². The fourth-order valence-electron chi connectivity index (χ4n) is 2.34. The number of furan rings is 1. The molecule has 0 aliphatic carbocycles. The lowest BCUT2D eigenvalue weighted by atomic mass is 9.98. The molecule has 8 heteroatoms. The van der Waals surface area contributed by atoms with Gasteiger partial charge in [-0.05, 0) is 18.9 Å². The molecule has 3 rings (SSSR count). The van der Waals surface area contributed by atoms with Gasteiger partial charge in [0.2, 0.25) is 15.9 Å². The second-order valence-electron chi connectivity index (χ2n) is 4.89. The van der Waals surface area contributed by atoms with Crippen molar-refractivity contribution in [2.45, 2.75) is 18.8 Å². The zero-order chi connectivity index (χ0) is 14.2. The lowest BCUT2D eigenvalue weighted by Crippen LogP contribution is -2.37. The first-order valence-electron chi connectivity index (χ1n) is 6.35. The quantitative estimate of drug-likeness (QED) is 0.852. The van der Waals surface area contributed by atoms with Gasteiger partial charge >= 0.3 is 0 Å².